The number of likely N-dealkylation sites (N-methyl/N-ethyl adjacent to an activating group) is 1. The van der Waals surface area contributed by atoms with Crippen LogP contribution in [0.4, 0.5) is 0 Å². The third-order valence-corrected chi connectivity index (χ3v) is 11.1. The van der Waals surface area contributed by atoms with Crippen LogP contribution in [0.1, 0.15) is 136 Å². The number of carbonyl (C=O) groups excluding carboxylic acids is 3. The standard InChI is InChI=1S/C48H80NO11P/c1-6-8-10-11-12-13-14-15-16-17-18-19-20-21-22-23-29-33-48(54)60-42(40-59-61(55,56)58-37-36-49(3,4)5)39-57-47(53)32-28-25-24-27-31-43-44(46(52)38-45(43)51)35-34-41(50)30-26-9-7-2/h8,10,12-13,15-16,18-19,21-22,34-35,41-45,50-51H,6-7,9,11,14,17,20,23-33,36-40H2,1-5H3/b10-8-,13-12-,16-15-,19-18-,22-21-,35-34+/t41-,42+,43+,44+,45-/m0/s1. The van der Waals surface area contributed by atoms with Crippen LogP contribution in [0.25, 0.3) is 0 Å². The van der Waals surface area contributed by atoms with Gasteiger partial charge in [0, 0.05) is 25.2 Å². The first-order valence-electron chi connectivity index (χ1n) is 22.7. The number of unbranched alkanes of at least 4 members (excludes halogenated alkanes) is 6. The molecule has 12 nitrogen and oxygen atoms in total. The molecule has 1 aliphatic carbocycles. The van der Waals surface area contributed by atoms with Gasteiger partial charge in [0.15, 0.2) is 6.10 Å². The lowest BCUT2D eigenvalue weighted by atomic mass is 9.88. The number of quaternary nitrogens is 1. The Morgan fingerprint density at radius 1 is 0.803 bits per heavy atom. The molecule has 13 heteroatoms. The van der Waals surface area contributed by atoms with Crippen molar-refractivity contribution >= 4 is 25.5 Å². The van der Waals surface area contributed by atoms with E-state index in [9.17, 15) is 34.1 Å². The van der Waals surface area contributed by atoms with E-state index < -0.39 is 50.6 Å². The summed E-state index contributed by atoms with van der Waals surface area (Å²) in [4.78, 5) is 50.3. The average Bonchev–Trinajstić information content (AvgIpc) is 3.47. The largest absolute Gasteiger partial charge is 0.756 e. The highest BCUT2D eigenvalue weighted by molar-refractivity contribution is 7.45. The number of nitrogens with zero attached hydrogens (tertiary/aromatic N) is 1. The van der Waals surface area contributed by atoms with Gasteiger partial charge in [0.2, 0.25) is 0 Å². The van der Waals surface area contributed by atoms with E-state index in [-0.39, 0.29) is 44.2 Å². The Bertz CT molecular complexity index is 1430. The number of hydrogen-bond donors (Lipinski definition) is 2. The van der Waals surface area contributed by atoms with E-state index in [1.807, 2.05) is 33.3 Å². The molecule has 1 aliphatic rings. The number of phosphoric ester groups is 1. The molecule has 1 fully saturated rings. The Morgan fingerprint density at radius 3 is 2.03 bits per heavy atom. The van der Waals surface area contributed by atoms with Crippen LogP contribution in [0.15, 0.2) is 72.9 Å². The van der Waals surface area contributed by atoms with Gasteiger partial charge in [-0.25, -0.2) is 0 Å². The van der Waals surface area contributed by atoms with Crippen molar-refractivity contribution in [3.05, 3.63) is 72.9 Å². The molecule has 0 saturated heterocycles. The molecule has 0 bridgehead atoms. The number of carbonyl (C=O) groups is 3. The molecule has 0 amide bonds. The minimum Gasteiger partial charge on any atom is -0.756 e. The fraction of sp³-hybridized carbons (Fsp3) is 0.688. The summed E-state index contributed by atoms with van der Waals surface area (Å²) in [6, 6.07) is 0. The van der Waals surface area contributed by atoms with E-state index in [1.165, 1.54) is 0 Å². The number of esters is 2. The van der Waals surface area contributed by atoms with Crippen LogP contribution < -0.4 is 4.89 Å². The first-order chi connectivity index (χ1) is 29.2. The fourth-order valence-electron chi connectivity index (χ4n) is 6.53. The number of phosphoric acid groups is 1. The maximum Gasteiger partial charge on any atom is 0.306 e. The zero-order valence-corrected chi connectivity index (χ0v) is 38.9. The van der Waals surface area contributed by atoms with Gasteiger partial charge < -0.3 is 38.1 Å². The van der Waals surface area contributed by atoms with Crippen molar-refractivity contribution in [2.24, 2.45) is 11.8 Å². The van der Waals surface area contributed by atoms with Crippen molar-refractivity contribution in [1.29, 1.82) is 0 Å². The summed E-state index contributed by atoms with van der Waals surface area (Å²) < 4.78 is 33.8. The lowest BCUT2D eigenvalue weighted by Crippen LogP contribution is -2.37. The first-order valence-corrected chi connectivity index (χ1v) is 24.2. The molecule has 1 saturated carbocycles. The molecule has 0 aromatic rings. The summed E-state index contributed by atoms with van der Waals surface area (Å²) in [7, 11) is 0.986. The van der Waals surface area contributed by atoms with Crippen molar-refractivity contribution in [3.8, 4) is 0 Å². The van der Waals surface area contributed by atoms with Gasteiger partial charge >= 0.3 is 11.9 Å². The Kier molecular flexibility index (Phi) is 31.7. The number of ether oxygens (including phenoxy) is 2. The Morgan fingerprint density at radius 2 is 1.41 bits per heavy atom. The predicted molar refractivity (Wildman–Crippen MR) is 241 cm³/mol. The van der Waals surface area contributed by atoms with E-state index in [0.717, 1.165) is 70.6 Å². The van der Waals surface area contributed by atoms with E-state index in [0.29, 0.717) is 43.1 Å². The van der Waals surface area contributed by atoms with Gasteiger partial charge in [-0.2, -0.15) is 0 Å². The smallest absolute Gasteiger partial charge is 0.306 e. The molecule has 348 valence electrons. The van der Waals surface area contributed by atoms with Crippen LogP contribution in [0.5, 0.6) is 0 Å². The van der Waals surface area contributed by atoms with E-state index >= 15 is 0 Å². The fourth-order valence-corrected chi connectivity index (χ4v) is 7.26. The predicted octanol–water partition coefficient (Wildman–Crippen LogP) is 8.98. The quantitative estimate of drug-likeness (QED) is 0.0203. The van der Waals surface area contributed by atoms with E-state index in [4.69, 9.17) is 18.5 Å². The summed E-state index contributed by atoms with van der Waals surface area (Å²) in [5.74, 6) is -1.66. The number of aliphatic hydroxyl groups excluding tert-OH is 2. The van der Waals surface area contributed by atoms with Gasteiger partial charge in [0.05, 0.1) is 40.0 Å². The van der Waals surface area contributed by atoms with Gasteiger partial charge in [0.1, 0.15) is 25.5 Å². The van der Waals surface area contributed by atoms with Crippen molar-refractivity contribution in [1.82, 2.24) is 0 Å². The molecule has 0 spiro atoms. The number of Topliss-reactive ketones (excluding diaryl/α,β-unsaturated/α-hetero) is 1. The van der Waals surface area contributed by atoms with E-state index in [2.05, 4.69) is 62.5 Å². The molecule has 0 aliphatic heterocycles. The summed E-state index contributed by atoms with van der Waals surface area (Å²) in [5, 5.41) is 20.8. The van der Waals surface area contributed by atoms with Gasteiger partial charge in [0.25, 0.3) is 7.82 Å². The maximum absolute atomic E-state index is 12.7. The Hall–Kier alpha value is -2.96. The van der Waals surface area contributed by atoms with Crippen molar-refractivity contribution in [2.75, 3.05) is 47.5 Å². The van der Waals surface area contributed by atoms with Gasteiger partial charge in [-0.05, 0) is 70.1 Å². The zero-order chi connectivity index (χ0) is 45.2. The minimum atomic E-state index is -4.71. The molecular formula is C48H80NO11P. The number of allylic oxidation sites excluding steroid dienone is 11. The number of aliphatic hydroxyl groups is 2. The number of rotatable bonds is 36. The number of ketones is 1. The molecule has 1 rings (SSSR count). The van der Waals surface area contributed by atoms with Crippen LogP contribution in [0, 0.1) is 11.8 Å². The molecule has 2 N–H and O–H groups in total. The lowest BCUT2D eigenvalue weighted by molar-refractivity contribution is -0.870. The average molecular weight is 878 g/mol. The SMILES string of the molecule is CC/C=C\C/C=C\C/C=C\C/C=C\C/C=C\CCCC(=O)O[C@H](COC(=O)CCCCCC[C@H]1[C@@H](O)CC(=O)[C@@H]1/C=C/[C@@H](O)CCCCC)COP(=O)([O-])OCC[N+](C)(C)C. The number of hydrogen-bond acceptors (Lipinski definition) is 11. The minimum absolute atomic E-state index is 0.00145. The second-order valence-electron chi connectivity index (χ2n) is 16.8. The molecule has 0 radical (unpaired) electrons. The van der Waals surface area contributed by atoms with Crippen LogP contribution in [-0.2, 0) is 37.5 Å². The van der Waals surface area contributed by atoms with Gasteiger partial charge in [-0.3, -0.25) is 18.9 Å². The molecule has 61 heavy (non-hydrogen) atoms. The highest BCUT2D eigenvalue weighted by Gasteiger charge is 2.39. The molecule has 1 unspecified atom stereocenters. The highest BCUT2D eigenvalue weighted by Crippen LogP contribution is 2.38. The van der Waals surface area contributed by atoms with Crippen molar-refractivity contribution < 1.29 is 57.1 Å². The monoisotopic (exact) mass is 878 g/mol. The van der Waals surface area contributed by atoms with Crippen LogP contribution in [0.3, 0.4) is 0 Å². The van der Waals surface area contributed by atoms with Gasteiger partial charge in [-0.15, -0.1) is 0 Å². The molecule has 0 aromatic carbocycles. The van der Waals surface area contributed by atoms with E-state index in [1.54, 1.807) is 12.2 Å². The maximum atomic E-state index is 12.7. The Balaban J connectivity index is 2.51. The molecular weight excluding hydrogens is 797 g/mol. The molecule has 0 heterocycles. The van der Waals surface area contributed by atoms with Crippen LogP contribution in [-0.4, -0.2) is 98.2 Å². The van der Waals surface area contributed by atoms with Crippen LogP contribution in [0.2, 0.25) is 0 Å². The van der Waals surface area contributed by atoms with Crippen molar-refractivity contribution in [2.45, 2.75) is 154 Å². The second kappa shape index (κ2) is 34.5. The topological polar surface area (TPSA) is 169 Å². The highest BCUT2D eigenvalue weighted by atomic mass is 31.2. The first kappa shape index (κ1) is 56.1. The lowest BCUT2D eigenvalue weighted by Gasteiger charge is -2.28. The summed E-state index contributed by atoms with van der Waals surface area (Å²) in [6.45, 7) is 3.65. The summed E-state index contributed by atoms with van der Waals surface area (Å²) in [6.07, 6.45) is 35.6. The molecule has 6 atom stereocenters. The third-order valence-electron chi connectivity index (χ3n) is 10.1. The third kappa shape index (κ3) is 31.5. The Labute approximate surface area is 368 Å². The van der Waals surface area contributed by atoms with Gasteiger partial charge in [-0.1, -0.05) is 125 Å². The van der Waals surface area contributed by atoms with Crippen molar-refractivity contribution in [3.63, 3.8) is 0 Å². The summed E-state index contributed by atoms with van der Waals surface area (Å²) in [5.41, 5.74) is 0. The molecule has 0 aromatic heterocycles. The second-order valence-corrected chi connectivity index (χ2v) is 18.2. The summed E-state index contributed by atoms with van der Waals surface area (Å²) >= 11 is 0. The van der Waals surface area contributed by atoms with Crippen LogP contribution >= 0.6 is 7.82 Å². The zero-order valence-electron chi connectivity index (χ0n) is 38.0. The normalized spacial score (nSPS) is 19.7.